The number of aromatic amines is 1. The zero-order valence-corrected chi connectivity index (χ0v) is 12.8. The van der Waals surface area contributed by atoms with Gasteiger partial charge in [0, 0.05) is 6.26 Å². The molecular formula is C15H15N3O3S. The Morgan fingerprint density at radius 3 is 2.55 bits per heavy atom. The van der Waals surface area contributed by atoms with E-state index in [4.69, 9.17) is 0 Å². The number of aromatic nitrogens is 3. The molecule has 0 bridgehead atoms. The summed E-state index contributed by atoms with van der Waals surface area (Å²) in [6.45, 7) is 0. The number of nitrogens with one attached hydrogen (secondary N) is 1. The lowest BCUT2D eigenvalue weighted by Crippen LogP contribution is -2.06. The largest absolute Gasteiger partial charge is 0.362 e. The van der Waals surface area contributed by atoms with Gasteiger partial charge >= 0.3 is 5.69 Å². The van der Waals surface area contributed by atoms with Crippen molar-refractivity contribution in [1.29, 1.82) is 0 Å². The van der Waals surface area contributed by atoms with Crippen LogP contribution in [0.2, 0.25) is 0 Å². The number of hydrogen-bond acceptors (Lipinski definition) is 4. The van der Waals surface area contributed by atoms with Crippen molar-refractivity contribution < 1.29 is 8.42 Å². The summed E-state index contributed by atoms with van der Waals surface area (Å²) in [6, 6.07) is 6.33. The van der Waals surface area contributed by atoms with E-state index in [0.29, 0.717) is 11.5 Å². The van der Waals surface area contributed by atoms with Crippen LogP contribution in [0, 0.1) is 0 Å². The number of nitrogens with zero attached hydrogens (tertiary/aromatic N) is 2. The van der Waals surface area contributed by atoms with Crippen molar-refractivity contribution in [2.75, 3.05) is 6.26 Å². The minimum absolute atomic E-state index is 0.236. The highest BCUT2D eigenvalue weighted by Gasteiger charge is 2.14. The van der Waals surface area contributed by atoms with E-state index in [1.165, 1.54) is 12.1 Å². The van der Waals surface area contributed by atoms with E-state index in [2.05, 4.69) is 16.2 Å². The number of hydrogen-bond donors (Lipinski definition) is 1. The maximum Gasteiger partial charge on any atom is 0.362 e. The summed E-state index contributed by atoms with van der Waals surface area (Å²) in [5.74, 6) is 0.557. The lowest BCUT2D eigenvalue weighted by molar-refractivity contribution is 0.602. The summed E-state index contributed by atoms with van der Waals surface area (Å²) in [5.41, 5.74) is 1.19. The molecule has 1 aliphatic rings. The van der Waals surface area contributed by atoms with E-state index in [0.717, 1.165) is 24.7 Å². The van der Waals surface area contributed by atoms with Crippen molar-refractivity contribution in [1.82, 2.24) is 14.8 Å². The molecule has 2 aromatic rings. The van der Waals surface area contributed by atoms with Crippen molar-refractivity contribution >= 4 is 15.4 Å². The first kappa shape index (κ1) is 14.5. The molecule has 0 saturated heterocycles. The fourth-order valence-electron chi connectivity index (χ4n) is 2.35. The number of rotatable bonds is 3. The number of H-pyrrole nitrogens is 1. The highest BCUT2D eigenvalue weighted by molar-refractivity contribution is 7.90. The summed E-state index contributed by atoms with van der Waals surface area (Å²) in [4.78, 5) is 15.9. The van der Waals surface area contributed by atoms with E-state index in [1.54, 1.807) is 16.8 Å². The van der Waals surface area contributed by atoms with Crippen LogP contribution in [0.1, 0.15) is 18.7 Å². The van der Waals surface area contributed by atoms with Crippen molar-refractivity contribution in [3.8, 4) is 5.69 Å². The van der Waals surface area contributed by atoms with Crippen LogP contribution < -0.4 is 5.69 Å². The smallest absolute Gasteiger partial charge is 0.244 e. The molecule has 1 aromatic heterocycles. The quantitative estimate of drug-likeness (QED) is 0.933. The van der Waals surface area contributed by atoms with E-state index in [9.17, 15) is 13.2 Å². The Labute approximate surface area is 127 Å². The first-order valence-electron chi connectivity index (χ1n) is 6.81. The Kier molecular flexibility index (Phi) is 3.58. The van der Waals surface area contributed by atoms with Crippen LogP contribution in [0.5, 0.6) is 0 Å². The van der Waals surface area contributed by atoms with Crippen LogP contribution in [0.3, 0.4) is 0 Å². The Morgan fingerprint density at radius 2 is 1.95 bits per heavy atom. The molecule has 0 spiro atoms. The fraction of sp³-hybridized carbons (Fsp3) is 0.200. The molecule has 0 fully saturated rings. The van der Waals surface area contributed by atoms with Gasteiger partial charge < -0.3 is 0 Å². The molecule has 1 aliphatic carbocycles. The average Bonchev–Trinajstić information content (AvgIpc) is 2.89. The van der Waals surface area contributed by atoms with Gasteiger partial charge in [0.05, 0.1) is 10.6 Å². The van der Waals surface area contributed by atoms with Gasteiger partial charge in [-0.15, -0.1) is 0 Å². The molecule has 1 N–H and O–H groups in total. The summed E-state index contributed by atoms with van der Waals surface area (Å²) in [5, 5.41) is 2.65. The molecule has 6 nitrogen and oxygen atoms in total. The molecule has 0 amide bonds. The highest BCUT2D eigenvalue weighted by atomic mass is 32.2. The molecule has 114 valence electrons. The fourth-order valence-corrected chi connectivity index (χ4v) is 2.98. The Balaban J connectivity index is 2.07. The van der Waals surface area contributed by atoms with Crippen LogP contribution >= 0.6 is 0 Å². The third kappa shape index (κ3) is 2.80. The van der Waals surface area contributed by atoms with Gasteiger partial charge in [0.2, 0.25) is 0 Å². The van der Waals surface area contributed by atoms with Gasteiger partial charge in [-0.3, -0.25) is 0 Å². The molecule has 0 radical (unpaired) electrons. The minimum atomic E-state index is -3.24. The third-order valence-electron chi connectivity index (χ3n) is 3.45. The van der Waals surface area contributed by atoms with E-state index >= 15 is 0 Å². The second kappa shape index (κ2) is 5.42. The summed E-state index contributed by atoms with van der Waals surface area (Å²) >= 11 is 0. The lowest BCUT2D eigenvalue weighted by atomic mass is 10.0. The first-order chi connectivity index (χ1) is 10.4. The highest BCUT2D eigenvalue weighted by Crippen LogP contribution is 2.23. The van der Waals surface area contributed by atoms with Crippen LogP contribution in [0.4, 0.5) is 0 Å². The standard InChI is InChI=1S/C15H15N3O3S/c1-22(20,21)13-9-7-12(8-10-13)18-14(16-15(19)17-18)11-5-3-2-4-6-11/h2-3,5,7-10H,4,6H2,1H3,(H,17,19). The predicted molar refractivity (Wildman–Crippen MR) is 83.6 cm³/mol. The molecule has 0 unspecified atom stereocenters. The molecule has 22 heavy (non-hydrogen) atoms. The zero-order valence-electron chi connectivity index (χ0n) is 12.0. The number of sulfone groups is 1. The van der Waals surface area contributed by atoms with Crippen LogP contribution in [0.25, 0.3) is 11.3 Å². The van der Waals surface area contributed by atoms with E-state index in [-0.39, 0.29) is 4.90 Å². The number of benzene rings is 1. The van der Waals surface area contributed by atoms with Gasteiger partial charge in [0.1, 0.15) is 0 Å². The lowest BCUT2D eigenvalue weighted by Gasteiger charge is -2.11. The Morgan fingerprint density at radius 1 is 1.23 bits per heavy atom. The topological polar surface area (TPSA) is 84.8 Å². The van der Waals surface area contributed by atoms with E-state index in [1.807, 2.05) is 12.2 Å². The van der Waals surface area contributed by atoms with Gasteiger partial charge in [-0.1, -0.05) is 18.2 Å². The summed E-state index contributed by atoms with van der Waals surface area (Å²) in [7, 11) is -3.24. The molecule has 1 aromatic carbocycles. The van der Waals surface area contributed by atoms with Gasteiger partial charge in [0.25, 0.3) is 0 Å². The first-order valence-corrected chi connectivity index (χ1v) is 8.70. The van der Waals surface area contributed by atoms with Gasteiger partial charge in [-0.25, -0.2) is 23.0 Å². The number of allylic oxidation sites excluding steroid dienone is 4. The Bertz CT molecular complexity index is 916. The SMILES string of the molecule is CS(=O)(=O)c1ccc(-n2[nH]c(=O)nc2C2=CC=CCC2)cc1. The van der Waals surface area contributed by atoms with E-state index < -0.39 is 15.5 Å². The van der Waals surface area contributed by atoms with Crippen molar-refractivity contribution in [2.45, 2.75) is 17.7 Å². The molecule has 0 saturated carbocycles. The van der Waals surface area contributed by atoms with Gasteiger partial charge in [-0.2, -0.15) is 4.98 Å². The zero-order chi connectivity index (χ0) is 15.7. The van der Waals surface area contributed by atoms with Crippen LogP contribution in [-0.2, 0) is 9.84 Å². The van der Waals surface area contributed by atoms with Crippen molar-refractivity contribution in [2.24, 2.45) is 0 Å². The molecule has 7 heteroatoms. The van der Waals surface area contributed by atoms with Crippen molar-refractivity contribution in [3.05, 3.63) is 58.8 Å². The molecule has 0 aliphatic heterocycles. The monoisotopic (exact) mass is 317 g/mol. The maximum atomic E-state index is 11.6. The van der Waals surface area contributed by atoms with Gasteiger partial charge in [-0.05, 0) is 42.7 Å². The second-order valence-electron chi connectivity index (χ2n) is 5.11. The minimum Gasteiger partial charge on any atom is -0.244 e. The normalized spacial score (nSPS) is 14.9. The third-order valence-corrected chi connectivity index (χ3v) is 4.58. The summed E-state index contributed by atoms with van der Waals surface area (Å²) < 4.78 is 24.6. The van der Waals surface area contributed by atoms with Crippen LogP contribution in [-0.4, -0.2) is 29.4 Å². The predicted octanol–water partition coefficient (Wildman–Crippen LogP) is 1.70. The molecule has 1 heterocycles. The maximum absolute atomic E-state index is 11.6. The van der Waals surface area contributed by atoms with Crippen LogP contribution in [0.15, 0.2) is 52.2 Å². The second-order valence-corrected chi connectivity index (χ2v) is 7.13. The summed E-state index contributed by atoms with van der Waals surface area (Å²) in [6.07, 6.45) is 8.79. The average molecular weight is 317 g/mol. The molecular weight excluding hydrogens is 302 g/mol. The Hall–Kier alpha value is -2.41. The van der Waals surface area contributed by atoms with Crippen molar-refractivity contribution in [3.63, 3.8) is 0 Å². The molecule has 0 atom stereocenters. The molecule has 3 rings (SSSR count). The van der Waals surface area contributed by atoms with Gasteiger partial charge in [0.15, 0.2) is 15.7 Å².